The Kier molecular flexibility index (Phi) is 8.25. The molecule has 0 unspecified atom stereocenters. The highest BCUT2D eigenvalue weighted by molar-refractivity contribution is 7.11. The zero-order chi connectivity index (χ0) is 24.8. The molecule has 1 aromatic heterocycles. The molecule has 2 aromatic carbocycles. The van der Waals surface area contributed by atoms with Gasteiger partial charge in [-0.1, -0.05) is 23.7 Å². The van der Waals surface area contributed by atoms with Crippen LogP contribution < -0.4 is 14.8 Å². The van der Waals surface area contributed by atoms with E-state index in [0.29, 0.717) is 41.1 Å². The summed E-state index contributed by atoms with van der Waals surface area (Å²) in [6.45, 7) is 4.78. The van der Waals surface area contributed by atoms with E-state index >= 15 is 0 Å². The van der Waals surface area contributed by atoms with Crippen LogP contribution in [0, 0.1) is 13.8 Å². The Morgan fingerprint density at radius 2 is 1.91 bits per heavy atom. The lowest BCUT2D eigenvalue weighted by Crippen LogP contribution is -2.39. The highest BCUT2D eigenvalue weighted by Gasteiger charge is 2.21. The van der Waals surface area contributed by atoms with E-state index in [4.69, 9.17) is 21.1 Å². The molecule has 2 heterocycles. The average Bonchev–Trinajstić information content (AvgIpc) is 3.13. The number of nitrogens with zero attached hydrogens (tertiary/aromatic N) is 2. The first kappa shape index (κ1) is 25.0. The van der Waals surface area contributed by atoms with Crippen LogP contribution in [0.15, 0.2) is 42.5 Å². The van der Waals surface area contributed by atoms with Crippen molar-refractivity contribution in [3.8, 4) is 17.2 Å². The highest BCUT2D eigenvalue weighted by atomic mass is 35.5. The molecule has 9 heteroatoms. The van der Waals surface area contributed by atoms with Crippen LogP contribution in [-0.4, -0.2) is 41.4 Å². The van der Waals surface area contributed by atoms with Crippen LogP contribution in [0.5, 0.6) is 17.2 Å². The fraction of sp³-hybridized carbons (Fsp3) is 0.346. The molecule has 1 aliphatic rings. The van der Waals surface area contributed by atoms with Crippen LogP contribution in [-0.2, 0) is 16.0 Å². The Morgan fingerprint density at radius 3 is 2.69 bits per heavy atom. The third-order valence-electron chi connectivity index (χ3n) is 5.61. The molecule has 0 atom stereocenters. The van der Waals surface area contributed by atoms with Crippen molar-refractivity contribution in [1.82, 2.24) is 9.88 Å². The minimum atomic E-state index is -0.318. The number of thiazole rings is 1. The SMILES string of the molecule is Cc1nc(C)c(CC(=O)N2CCCCCOc3ccccc3Oc3ccc(Cl)cc3NC(=O)C2)s1. The molecule has 0 saturated heterocycles. The molecule has 0 radical (unpaired) electrons. The summed E-state index contributed by atoms with van der Waals surface area (Å²) in [5.74, 6) is 1.20. The van der Waals surface area contributed by atoms with E-state index in [1.54, 1.807) is 23.1 Å². The quantitative estimate of drug-likeness (QED) is 0.470. The minimum absolute atomic E-state index is 0.0608. The van der Waals surface area contributed by atoms with Crippen molar-refractivity contribution in [3.05, 3.63) is 63.1 Å². The van der Waals surface area contributed by atoms with Crippen molar-refractivity contribution >= 4 is 40.4 Å². The summed E-state index contributed by atoms with van der Waals surface area (Å²) in [5, 5.41) is 4.26. The van der Waals surface area contributed by atoms with Crippen molar-refractivity contribution in [2.45, 2.75) is 39.5 Å². The van der Waals surface area contributed by atoms with Crippen LogP contribution in [0.2, 0.25) is 5.02 Å². The smallest absolute Gasteiger partial charge is 0.244 e. The number of amides is 2. The van der Waals surface area contributed by atoms with Gasteiger partial charge in [-0.3, -0.25) is 9.59 Å². The summed E-state index contributed by atoms with van der Waals surface area (Å²) in [6.07, 6.45) is 2.68. The molecule has 7 nitrogen and oxygen atoms in total. The van der Waals surface area contributed by atoms with Crippen LogP contribution in [0.4, 0.5) is 5.69 Å². The third-order valence-corrected chi connectivity index (χ3v) is 6.92. The van der Waals surface area contributed by atoms with Crippen molar-refractivity contribution < 1.29 is 19.1 Å². The number of hydrogen-bond donors (Lipinski definition) is 1. The largest absolute Gasteiger partial charge is 0.490 e. The van der Waals surface area contributed by atoms with Crippen LogP contribution in [0.3, 0.4) is 0 Å². The van der Waals surface area contributed by atoms with Gasteiger partial charge in [0.1, 0.15) is 0 Å². The van der Waals surface area contributed by atoms with Gasteiger partial charge in [0.15, 0.2) is 17.2 Å². The molecular weight excluding hydrogens is 486 g/mol. The van der Waals surface area contributed by atoms with Gasteiger partial charge < -0.3 is 19.7 Å². The summed E-state index contributed by atoms with van der Waals surface area (Å²) in [6, 6.07) is 12.4. The van der Waals surface area contributed by atoms with E-state index in [1.807, 2.05) is 38.1 Å². The Hall–Kier alpha value is -3.10. The second kappa shape index (κ2) is 11.6. The summed E-state index contributed by atoms with van der Waals surface area (Å²) in [4.78, 5) is 33.2. The number of benzene rings is 2. The van der Waals surface area contributed by atoms with Gasteiger partial charge in [-0.2, -0.15) is 0 Å². The number of carbonyl (C=O) groups is 2. The lowest BCUT2D eigenvalue weighted by Gasteiger charge is -2.22. The summed E-state index contributed by atoms with van der Waals surface area (Å²) >= 11 is 7.72. The molecule has 0 saturated carbocycles. The zero-order valence-corrected chi connectivity index (χ0v) is 21.4. The van der Waals surface area contributed by atoms with Gasteiger partial charge in [0.2, 0.25) is 11.8 Å². The number of fused-ring (bicyclic) bond motifs is 2. The zero-order valence-electron chi connectivity index (χ0n) is 19.8. The number of halogens is 1. The first-order valence-corrected chi connectivity index (χ1v) is 12.8. The third kappa shape index (κ3) is 6.74. The maximum Gasteiger partial charge on any atom is 0.244 e. The maximum atomic E-state index is 13.2. The molecule has 1 N–H and O–H groups in total. The summed E-state index contributed by atoms with van der Waals surface area (Å²) < 4.78 is 12.1. The van der Waals surface area contributed by atoms with Crippen molar-refractivity contribution in [2.75, 3.05) is 25.0 Å². The number of carbonyl (C=O) groups excluding carboxylic acids is 2. The Bertz CT molecular complexity index is 1210. The molecule has 184 valence electrons. The number of aromatic nitrogens is 1. The molecule has 0 bridgehead atoms. The van der Waals surface area contributed by atoms with Crippen molar-refractivity contribution in [3.63, 3.8) is 0 Å². The van der Waals surface area contributed by atoms with E-state index in [-0.39, 0.29) is 24.8 Å². The lowest BCUT2D eigenvalue weighted by atomic mass is 10.2. The number of rotatable bonds is 2. The Morgan fingerprint density at radius 1 is 1.11 bits per heavy atom. The van der Waals surface area contributed by atoms with Crippen LogP contribution in [0.25, 0.3) is 0 Å². The average molecular weight is 514 g/mol. The number of anilines is 1. The van der Waals surface area contributed by atoms with Crippen LogP contribution in [0.1, 0.15) is 34.8 Å². The topological polar surface area (TPSA) is 80.8 Å². The summed E-state index contributed by atoms with van der Waals surface area (Å²) in [5.41, 5.74) is 1.29. The van der Waals surface area contributed by atoms with E-state index in [1.165, 1.54) is 11.3 Å². The molecule has 4 rings (SSSR count). The fourth-order valence-electron chi connectivity index (χ4n) is 3.87. The molecule has 2 amide bonds. The molecular formula is C26H28ClN3O4S. The lowest BCUT2D eigenvalue weighted by molar-refractivity contribution is -0.134. The van der Waals surface area contributed by atoms with Gasteiger partial charge >= 0.3 is 0 Å². The minimum Gasteiger partial charge on any atom is -0.490 e. The molecule has 0 aliphatic carbocycles. The molecule has 0 spiro atoms. The van der Waals surface area contributed by atoms with E-state index < -0.39 is 0 Å². The number of hydrogen-bond acceptors (Lipinski definition) is 6. The first-order valence-electron chi connectivity index (χ1n) is 11.6. The van der Waals surface area contributed by atoms with Gasteiger partial charge in [-0.15, -0.1) is 11.3 Å². The van der Waals surface area contributed by atoms with E-state index in [0.717, 1.165) is 34.8 Å². The maximum absolute atomic E-state index is 13.2. The number of nitrogens with one attached hydrogen (secondary N) is 1. The highest BCUT2D eigenvalue weighted by Crippen LogP contribution is 2.36. The molecule has 1 aliphatic heterocycles. The molecule has 3 aromatic rings. The number of ether oxygens (including phenoxy) is 2. The van der Waals surface area contributed by atoms with Gasteiger partial charge in [0.05, 0.1) is 36.0 Å². The number of para-hydroxylation sites is 2. The number of aryl methyl sites for hydroxylation is 2. The second-order valence-electron chi connectivity index (χ2n) is 8.38. The Labute approximate surface area is 214 Å². The molecule has 0 fully saturated rings. The van der Waals surface area contributed by atoms with Gasteiger partial charge in [0, 0.05) is 16.4 Å². The summed E-state index contributed by atoms with van der Waals surface area (Å²) in [7, 11) is 0. The Balaban J connectivity index is 1.57. The molecule has 35 heavy (non-hydrogen) atoms. The van der Waals surface area contributed by atoms with Crippen molar-refractivity contribution in [2.24, 2.45) is 0 Å². The van der Waals surface area contributed by atoms with Gasteiger partial charge in [-0.25, -0.2) is 4.98 Å². The standard InChI is InChI=1S/C26H28ClN3O4S/c1-17-24(35-18(2)28-17)15-26(32)30-12-6-3-7-13-33-22-8-4-5-9-23(22)34-21-11-10-19(27)14-20(21)29-25(31)16-30/h4-5,8-11,14H,3,6-7,12-13,15-16H2,1-2H3,(H,29,31). The fourth-order valence-corrected chi connectivity index (χ4v) is 4.97. The normalized spacial score (nSPS) is 14.9. The van der Waals surface area contributed by atoms with Crippen molar-refractivity contribution in [1.29, 1.82) is 0 Å². The first-order chi connectivity index (χ1) is 16.9. The monoisotopic (exact) mass is 513 g/mol. The van der Waals surface area contributed by atoms with Gasteiger partial charge in [0.25, 0.3) is 0 Å². The van der Waals surface area contributed by atoms with Gasteiger partial charge in [-0.05, 0) is 63.4 Å². The van der Waals surface area contributed by atoms with Crippen LogP contribution >= 0.6 is 22.9 Å². The predicted molar refractivity (Wildman–Crippen MR) is 138 cm³/mol. The van der Waals surface area contributed by atoms with E-state index in [9.17, 15) is 9.59 Å². The van der Waals surface area contributed by atoms with E-state index in [2.05, 4.69) is 10.3 Å². The predicted octanol–water partition coefficient (Wildman–Crippen LogP) is 5.78. The second-order valence-corrected chi connectivity index (χ2v) is 10.1.